The van der Waals surface area contributed by atoms with E-state index in [1.807, 2.05) is 0 Å². The first-order valence-electron chi connectivity index (χ1n) is 9.71. The van der Waals surface area contributed by atoms with Gasteiger partial charge in [0.2, 0.25) is 15.9 Å². The molecule has 0 bridgehead atoms. The van der Waals surface area contributed by atoms with Gasteiger partial charge < -0.3 is 5.32 Å². The van der Waals surface area contributed by atoms with Crippen molar-refractivity contribution in [1.82, 2.24) is 9.62 Å². The van der Waals surface area contributed by atoms with Gasteiger partial charge in [0.1, 0.15) is 0 Å². The van der Waals surface area contributed by atoms with Gasteiger partial charge in [0, 0.05) is 18.1 Å². The molecule has 0 radical (unpaired) electrons. The Hall–Kier alpha value is -1.89. The number of sulfonamides is 1. The topological polar surface area (TPSA) is 66.5 Å². The van der Waals surface area contributed by atoms with Crippen LogP contribution in [0.2, 0.25) is 5.02 Å². The van der Waals surface area contributed by atoms with E-state index in [1.165, 1.54) is 11.1 Å². The van der Waals surface area contributed by atoms with E-state index in [0.717, 1.165) is 23.4 Å². The molecular formula is C22H29ClN2O3S. The average molecular weight is 437 g/mol. The maximum atomic E-state index is 12.3. The summed E-state index contributed by atoms with van der Waals surface area (Å²) in [6, 6.07) is 15.5. The second-order valence-electron chi connectivity index (χ2n) is 7.47. The molecule has 1 N–H and O–H groups in total. The zero-order valence-electron chi connectivity index (χ0n) is 17.2. The van der Waals surface area contributed by atoms with Crippen LogP contribution in [0, 0.1) is 0 Å². The van der Waals surface area contributed by atoms with Gasteiger partial charge in [-0.15, -0.1) is 0 Å². The Morgan fingerprint density at radius 1 is 1.10 bits per heavy atom. The van der Waals surface area contributed by atoms with E-state index in [9.17, 15) is 13.2 Å². The van der Waals surface area contributed by atoms with E-state index in [1.54, 1.807) is 24.3 Å². The lowest BCUT2D eigenvalue weighted by molar-refractivity contribution is -0.121. The number of aryl methyl sites for hydroxylation is 1. The molecule has 0 aromatic heterocycles. The number of hydrogen-bond acceptors (Lipinski definition) is 3. The van der Waals surface area contributed by atoms with Crippen LogP contribution in [0.15, 0.2) is 48.5 Å². The molecule has 2 aromatic rings. The molecule has 29 heavy (non-hydrogen) atoms. The molecule has 5 nitrogen and oxygen atoms in total. The summed E-state index contributed by atoms with van der Waals surface area (Å²) in [4.78, 5) is 12.3. The third-order valence-electron chi connectivity index (χ3n) is 4.70. The quantitative estimate of drug-likeness (QED) is 0.573. The van der Waals surface area contributed by atoms with E-state index in [0.29, 0.717) is 23.0 Å². The molecule has 0 fully saturated rings. The van der Waals surface area contributed by atoms with Gasteiger partial charge in [-0.05, 0) is 41.5 Å². The van der Waals surface area contributed by atoms with E-state index in [2.05, 4.69) is 43.4 Å². The van der Waals surface area contributed by atoms with Gasteiger partial charge in [-0.1, -0.05) is 67.9 Å². The van der Waals surface area contributed by atoms with Crippen molar-refractivity contribution in [3.05, 3.63) is 70.2 Å². The van der Waals surface area contributed by atoms with Crippen molar-refractivity contribution in [2.75, 3.05) is 19.3 Å². The predicted molar refractivity (Wildman–Crippen MR) is 119 cm³/mol. The summed E-state index contributed by atoms with van der Waals surface area (Å²) in [5.74, 6) is 0.185. The number of carbonyl (C=O) groups excluding carboxylic acids is 1. The number of benzene rings is 2. The molecule has 0 atom stereocenters. The van der Waals surface area contributed by atoms with E-state index in [-0.39, 0.29) is 19.0 Å². The lowest BCUT2D eigenvalue weighted by Crippen LogP contribution is -2.40. The number of nitrogens with zero attached hydrogens (tertiary/aromatic N) is 1. The first-order chi connectivity index (χ1) is 13.7. The van der Waals surface area contributed by atoms with Crippen LogP contribution in [0.1, 0.15) is 42.9 Å². The third-order valence-corrected chi connectivity index (χ3v) is 6.27. The van der Waals surface area contributed by atoms with E-state index < -0.39 is 10.0 Å². The van der Waals surface area contributed by atoms with Crippen molar-refractivity contribution >= 4 is 27.5 Å². The van der Waals surface area contributed by atoms with Crippen molar-refractivity contribution in [1.29, 1.82) is 0 Å². The fraction of sp³-hybridized carbons (Fsp3) is 0.409. The Kier molecular flexibility index (Phi) is 8.68. The molecule has 0 saturated heterocycles. The summed E-state index contributed by atoms with van der Waals surface area (Å²) in [7, 11) is -3.55. The lowest BCUT2D eigenvalue weighted by atomic mass is 10.0. The summed E-state index contributed by atoms with van der Waals surface area (Å²) in [6.07, 6.45) is 2.74. The fourth-order valence-electron chi connectivity index (χ4n) is 2.91. The van der Waals surface area contributed by atoms with Gasteiger partial charge in [-0.3, -0.25) is 4.79 Å². The highest BCUT2D eigenvalue weighted by atomic mass is 35.5. The van der Waals surface area contributed by atoms with Crippen LogP contribution in [0.25, 0.3) is 0 Å². The Balaban J connectivity index is 1.83. The summed E-state index contributed by atoms with van der Waals surface area (Å²) in [6.45, 7) is 4.65. The summed E-state index contributed by atoms with van der Waals surface area (Å²) in [5, 5.41) is 3.28. The van der Waals surface area contributed by atoms with Crippen LogP contribution in [0.3, 0.4) is 0 Å². The number of hydrogen-bond donors (Lipinski definition) is 1. The van der Waals surface area contributed by atoms with Crippen molar-refractivity contribution < 1.29 is 13.2 Å². The Morgan fingerprint density at radius 3 is 2.34 bits per heavy atom. The highest BCUT2D eigenvalue weighted by Crippen LogP contribution is 2.18. The van der Waals surface area contributed by atoms with Gasteiger partial charge in [0.25, 0.3) is 0 Å². The maximum Gasteiger partial charge on any atom is 0.235 e. The normalized spacial score (nSPS) is 11.8. The summed E-state index contributed by atoms with van der Waals surface area (Å²) >= 11 is 6.12. The number of carbonyl (C=O) groups is 1. The molecule has 0 spiro atoms. The number of rotatable bonds is 10. The lowest BCUT2D eigenvalue weighted by Gasteiger charge is -2.20. The molecule has 1 amide bonds. The van der Waals surface area contributed by atoms with Crippen molar-refractivity contribution in [2.24, 2.45) is 0 Å². The van der Waals surface area contributed by atoms with Gasteiger partial charge in [0.05, 0.1) is 12.8 Å². The number of halogens is 1. The van der Waals surface area contributed by atoms with Gasteiger partial charge in [0.15, 0.2) is 0 Å². The average Bonchev–Trinajstić information content (AvgIpc) is 2.66. The van der Waals surface area contributed by atoms with Gasteiger partial charge >= 0.3 is 0 Å². The summed E-state index contributed by atoms with van der Waals surface area (Å²) in [5.41, 5.74) is 3.19. The molecule has 0 aliphatic heterocycles. The molecule has 0 aliphatic rings. The van der Waals surface area contributed by atoms with Crippen molar-refractivity contribution in [3.8, 4) is 0 Å². The van der Waals surface area contributed by atoms with Crippen LogP contribution in [0.5, 0.6) is 0 Å². The molecule has 0 aliphatic carbocycles. The standard InChI is InChI=1S/C22H29ClN2O3S/c1-17(2)19-12-10-18(11-13-19)7-6-14-24-22(26)16-25(29(3,27)28)15-20-8-4-5-9-21(20)23/h4-5,8-13,17H,6-7,14-16H2,1-3H3,(H,24,26). The minimum atomic E-state index is -3.55. The predicted octanol–water partition coefficient (Wildman–Crippen LogP) is 3.97. The Morgan fingerprint density at radius 2 is 1.76 bits per heavy atom. The highest BCUT2D eigenvalue weighted by Gasteiger charge is 2.21. The molecule has 7 heteroatoms. The first-order valence-corrected chi connectivity index (χ1v) is 11.9. The summed E-state index contributed by atoms with van der Waals surface area (Å²) < 4.78 is 25.3. The second kappa shape index (κ2) is 10.8. The highest BCUT2D eigenvalue weighted by molar-refractivity contribution is 7.88. The van der Waals surface area contributed by atoms with Crippen LogP contribution in [-0.4, -0.2) is 38.0 Å². The number of nitrogens with one attached hydrogen (secondary N) is 1. The van der Waals surface area contributed by atoms with Crippen LogP contribution in [-0.2, 0) is 27.8 Å². The Labute approximate surface area is 179 Å². The monoisotopic (exact) mass is 436 g/mol. The largest absolute Gasteiger partial charge is 0.355 e. The molecule has 0 saturated carbocycles. The van der Waals surface area contributed by atoms with Crippen molar-refractivity contribution in [3.63, 3.8) is 0 Å². The number of amides is 1. The molecule has 158 valence electrons. The Bertz CT molecular complexity index is 912. The molecule has 0 heterocycles. The maximum absolute atomic E-state index is 12.3. The molecule has 2 rings (SSSR count). The fourth-order valence-corrected chi connectivity index (χ4v) is 3.83. The molecule has 0 unspecified atom stereocenters. The minimum absolute atomic E-state index is 0.0636. The van der Waals surface area contributed by atoms with Gasteiger partial charge in [-0.25, -0.2) is 8.42 Å². The third kappa shape index (κ3) is 7.80. The zero-order chi connectivity index (χ0) is 21.4. The van der Waals surface area contributed by atoms with Crippen LogP contribution < -0.4 is 5.32 Å². The molecule has 2 aromatic carbocycles. The zero-order valence-corrected chi connectivity index (χ0v) is 18.8. The van der Waals surface area contributed by atoms with Crippen LogP contribution >= 0.6 is 11.6 Å². The van der Waals surface area contributed by atoms with Crippen molar-refractivity contribution in [2.45, 2.75) is 39.2 Å². The molecular weight excluding hydrogens is 408 g/mol. The van der Waals surface area contributed by atoms with Gasteiger partial charge in [-0.2, -0.15) is 4.31 Å². The van der Waals surface area contributed by atoms with E-state index >= 15 is 0 Å². The minimum Gasteiger partial charge on any atom is -0.355 e. The SMILES string of the molecule is CC(C)c1ccc(CCCNC(=O)CN(Cc2ccccc2Cl)S(C)(=O)=O)cc1. The van der Waals surface area contributed by atoms with E-state index in [4.69, 9.17) is 11.6 Å². The first kappa shape index (κ1) is 23.4. The smallest absolute Gasteiger partial charge is 0.235 e. The second-order valence-corrected chi connectivity index (χ2v) is 9.86. The van der Waals surface area contributed by atoms with Crippen LogP contribution in [0.4, 0.5) is 0 Å².